The summed E-state index contributed by atoms with van der Waals surface area (Å²) in [4.78, 5) is 22.6. The van der Waals surface area contributed by atoms with Crippen LogP contribution in [-0.2, 0) is 20.7 Å². The zero-order valence-corrected chi connectivity index (χ0v) is 11.7. The van der Waals surface area contributed by atoms with E-state index in [2.05, 4.69) is 11.3 Å². The van der Waals surface area contributed by atoms with Gasteiger partial charge in [-0.3, -0.25) is 9.59 Å². The number of carbonyl (C=O) groups excluding carboxylic acids is 2. The van der Waals surface area contributed by atoms with Crippen molar-refractivity contribution < 1.29 is 23.8 Å². The molecule has 1 aromatic rings. The van der Waals surface area contributed by atoms with Crippen molar-refractivity contribution in [2.24, 2.45) is 0 Å². The Morgan fingerprint density at radius 1 is 1.15 bits per heavy atom. The standard InChI is InChI=1S/C15H18O5/c1-4-5-11-6-7-12(13(10-11)18-2)20-15(17)9-8-14(16)19-3/h4,6-7,10H,1,5,8-9H2,2-3H3. The monoisotopic (exact) mass is 278 g/mol. The fourth-order valence-corrected chi connectivity index (χ4v) is 1.57. The van der Waals surface area contributed by atoms with Gasteiger partial charge in [0.1, 0.15) is 0 Å². The van der Waals surface area contributed by atoms with E-state index < -0.39 is 11.9 Å². The predicted molar refractivity (Wildman–Crippen MR) is 73.8 cm³/mol. The SMILES string of the molecule is C=CCc1ccc(OC(=O)CCC(=O)OC)c(OC)c1. The molecule has 108 valence electrons. The van der Waals surface area contributed by atoms with Crippen LogP contribution < -0.4 is 9.47 Å². The molecule has 0 saturated heterocycles. The second-order valence-electron chi connectivity index (χ2n) is 4.03. The summed E-state index contributed by atoms with van der Waals surface area (Å²) in [5.74, 6) is -0.161. The summed E-state index contributed by atoms with van der Waals surface area (Å²) in [5.41, 5.74) is 1.01. The molecule has 0 aliphatic heterocycles. The Kier molecular flexibility index (Phi) is 6.29. The van der Waals surface area contributed by atoms with Crippen molar-refractivity contribution in [1.82, 2.24) is 0 Å². The molecule has 1 rings (SSSR count). The van der Waals surface area contributed by atoms with E-state index in [0.717, 1.165) is 5.56 Å². The maximum Gasteiger partial charge on any atom is 0.311 e. The van der Waals surface area contributed by atoms with Crippen molar-refractivity contribution in [3.8, 4) is 11.5 Å². The number of methoxy groups -OCH3 is 2. The molecule has 0 spiro atoms. The van der Waals surface area contributed by atoms with Gasteiger partial charge in [0.05, 0.1) is 27.1 Å². The van der Waals surface area contributed by atoms with Gasteiger partial charge in [0, 0.05) is 0 Å². The van der Waals surface area contributed by atoms with Crippen LogP contribution >= 0.6 is 0 Å². The second-order valence-corrected chi connectivity index (χ2v) is 4.03. The van der Waals surface area contributed by atoms with Gasteiger partial charge >= 0.3 is 11.9 Å². The zero-order chi connectivity index (χ0) is 15.0. The topological polar surface area (TPSA) is 61.8 Å². The van der Waals surface area contributed by atoms with Crippen LogP contribution in [0, 0.1) is 0 Å². The molecule has 0 radical (unpaired) electrons. The van der Waals surface area contributed by atoms with E-state index in [1.807, 2.05) is 6.07 Å². The van der Waals surface area contributed by atoms with Crippen molar-refractivity contribution in [3.05, 3.63) is 36.4 Å². The van der Waals surface area contributed by atoms with Gasteiger partial charge in [-0.15, -0.1) is 6.58 Å². The first kappa shape index (κ1) is 15.8. The first-order valence-corrected chi connectivity index (χ1v) is 6.16. The van der Waals surface area contributed by atoms with Gasteiger partial charge in [0.2, 0.25) is 0 Å². The highest BCUT2D eigenvalue weighted by Crippen LogP contribution is 2.28. The van der Waals surface area contributed by atoms with Crippen LogP contribution in [0.2, 0.25) is 0 Å². The van der Waals surface area contributed by atoms with E-state index in [4.69, 9.17) is 9.47 Å². The van der Waals surface area contributed by atoms with Crippen LogP contribution in [0.3, 0.4) is 0 Å². The molecule has 0 N–H and O–H groups in total. The molecular weight excluding hydrogens is 260 g/mol. The average molecular weight is 278 g/mol. The molecule has 0 aliphatic carbocycles. The molecule has 20 heavy (non-hydrogen) atoms. The van der Waals surface area contributed by atoms with E-state index in [0.29, 0.717) is 17.9 Å². The molecule has 0 aliphatic rings. The number of ether oxygens (including phenoxy) is 3. The lowest BCUT2D eigenvalue weighted by atomic mass is 10.1. The molecule has 0 unspecified atom stereocenters. The van der Waals surface area contributed by atoms with Crippen LogP contribution in [-0.4, -0.2) is 26.2 Å². The highest BCUT2D eigenvalue weighted by Gasteiger charge is 2.12. The number of carbonyl (C=O) groups is 2. The van der Waals surface area contributed by atoms with Crippen LogP contribution in [0.1, 0.15) is 18.4 Å². The fraction of sp³-hybridized carbons (Fsp3) is 0.333. The van der Waals surface area contributed by atoms with Crippen LogP contribution in [0.5, 0.6) is 11.5 Å². The highest BCUT2D eigenvalue weighted by atomic mass is 16.6. The van der Waals surface area contributed by atoms with Gasteiger partial charge in [-0.25, -0.2) is 0 Å². The number of benzene rings is 1. The van der Waals surface area contributed by atoms with Crippen molar-refractivity contribution in [2.75, 3.05) is 14.2 Å². The maximum atomic E-state index is 11.6. The van der Waals surface area contributed by atoms with Gasteiger partial charge in [-0.05, 0) is 24.1 Å². The lowest BCUT2D eigenvalue weighted by molar-refractivity contribution is -0.144. The lowest BCUT2D eigenvalue weighted by Gasteiger charge is -2.10. The first-order chi connectivity index (χ1) is 9.60. The van der Waals surface area contributed by atoms with E-state index in [1.165, 1.54) is 14.2 Å². The summed E-state index contributed by atoms with van der Waals surface area (Å²) < 4.78 is 14.8. The van der Waals surface area contributed by atoms with E-state index in [9.17, 15) is 9.59 Å². The van der Waals surface area contributed by atoms with Crippen LogP contribution in [0.4, 0.5) is 0 Å². The van der Waals surface area contributed by atoms with Crippen LogP contribution in [0.25, 0.3) is 0 Å². The molecule has 0 fully saturated rings. The predicted octanol–water partition coefficient (Wildman–Crippen LogP) is 2.28. The zero-order valence-electron chi connectivity index (χ0n) is 11.7. The van der Waals surface area contributed by atoms with Crippen molar-refractivity contribution >= 4 is 11.9 Å². The minimum absolute atomic E-state index is 0.00774. The first-order valence-electron chi connectivity index (χ1n) is 6.16. The third-order valence-corrected chi connectivity index (χ3v) is 2.59. The smallest absolute Gasteiger partial charge is 0.311 e. The number of rotatable bonds is 7. The van der Waals surface area contributed by atoms with Crippen LogP contribution in [0.15, 0.2) is 30.9 Å². The summed E-state index contributed by atoms with van der Waals surface area (Å²) >= 11 is 0. The summed E-state index contributed by atoms with van der Waals surface area (Å²) in [6, 6.07) is 5.27. The minimum Gasteiger partial charge on any atom is -0.493 e. The molecule has 5 heteroatoms. The fourth-order valence-electron chi connectivity index (χ4n) is 1.57. The summed E-state index contributed by atoms with van der Waals surface area (Å²) in [6.07, 6.45) is 2.43. The van der Waals surface area contributed by atoms with Gasteiger partial charge in [0.25, 0.3) is 0 Å². The van der Waals surface area contributed by atoms with Gasteiger partial charge in [-0.2, -0.15) is 0 Å². The molecule has 0 aromatic heterocycles. The molecule has 0 saturated carbocycles. The van der Waals surface area contributed by atoms with E-state index in [-0.39, 0.29) is 12.8 Å². The molecule has 0 atom stereocenters. The normalized spacial score (nSPS) is 9.70. The van der Waals surface area contributed by atoms with Gasteiger partial charge in [0.15, 0.2) is 11.5 Å². The highest BCUT2D eigenvalue weighted by molar-refractivity contribution is 5.79. The Morgan fingerprint density at radius 2 is 1.85 bits per heavy atom. The van der Waals surface area contributed by atoms with Crippen molar-refractivity contribution in [1.29, 1.82) is 0 Å². The maximum absolute atomic E-state index is 11.6. The van der Waals surface area contributed by atoms with Gasteiger partial charge in [-0.1, -0.05) is 12.1 Å². The average Bonchev–Trinajstić information content (AvgIpc) is 2.46. The minimum atomic E-state index is -0.509. The molecule has 0 heterocycles. The second kappa shape index (κ2) is 7.99. The van der Waals surface area contributed by atoms with Crippen molar-refractivity contribution in [3.63, 3.8) is 0 Å². The lowest BCUT2D eigenvalue weighted by Crippen LogP contribution is -2.12. The number of hydrogen-bond acceptors (Lipinski definition) is 5. The Morgan fingerprint density at radius 3 is 2.45 bits per heavy atom. The number of esters is 2. The molecular formula is C15H18O5. The third kappa shape index (κ3) is 4.76. The molecule has 1 aromatic carbocycles. The Bertz CT molecular complexity index is 493. The largest absolute Gasteiger partial charge is 0.493 e. The van der Waals surface area contributed by atoms with E-state index in [1.54, 1.807) is 18.2 Å². The summed E-state index contributed by atoms with van der Waals surface area (Å²) in [6.45, 7) is 3.66. The third-order valence-electron chi connectivity index (χ3n) is 2.59. The molecule has 0 bridgehead atoms. The Labute approximate surface area is 118 Å². The quantitative estimate of drug-likeness (QED) is 0.435. The summed E-state index contributed by atoms with van der Waals surface area (Å²) in [7, 11) is 2.77. The summed E-state index contributed by atoms with van der Waals surface area (Å²) in [5, 5.41) is 0. The van der Waals surface area contributed by atoms with Gasteiger partial charge < -0.3 is 14.2 Å². The number of allylic oxidation sites excluding steroid dienone is 1. The Hall–Kier alpha value is -2.30. The number of hydrogen-bond donors (Lipinski definition) is 0. The molecule has 5 nitrogen and oxygen atoms in total. The van der Waals surface area contributed by atoms with E-state index >= 15 is 0 Å². The van der Waals surface area contributed by atoms with Crippen molar-refractivity contribution in [2.45, 2.75) is 19.3 Å². The Balaban J connectivity index is 2.69. The molecule has 0 amide bonds.